The lowest BCUT2D eigenvalue weighted by atomic mass is 10.0. The van der Waals surface area contributed by atoms with Crippen molar-refractivity contribution < 1.29 is 0 Å². The second-order valence-electron chi connectivity index (χ2n) is 6.59. The molecular formula is C18H28N2. The lowest BCUT2D eigenvalue weighted by molar-refractivity contribution is 0.302. The fraction of sp³-hybridized carbons (Fsp3) is 0.667. The van der Waals surface area contributed by atoms with Crippen molar-refractivity contribution in [3.63, 3.8) is 0 Å². The molecular weight excluding hydrogens is 244 g/mol. The first kappa shape index (κ1) is 14.1. The summed E-state index contributed by atoms with van der Waals surface area (Å²) in [5.74, 6) is 2.00. The van der Waals surface area contributed by atoms with E-state index in [1.165, 1.54) is 49.9 Å². The van der Waals surface area contributed by atoms with E-state index in [2.05, 4.69) is 41.4 Å². The molecule has 0 radical (unpaired) electrons. The fourth-order valence-corrected chi connectivity index (χ4v) is 3.99. The van der Waals surface area contributed by atoms with Crippen LogP contribution in [0.15, 0.2) is 24.3 Å². The molecule has 1 saturated carbocycles. The Balaban J connectivity index is 1.59. The highest BCUT2D eigenvalue weighted by Gasteiger charge is 2.35. The standard InChI is InChI=1S/C18H28N2/c1-2-10-19-11-15-6-3-4-7-16(15)12-20-13-17-8-5-9-18(17)14-20/h3-4,6-7,17-19H,2,5,8-14H2,1H3. The molecule has 110 valence electrons. The highest BCUT2D eigenvalue weighted by molar-refractivity contribution is 5.27. The molecule has 1 N–H and O–H groups in total. The van der Waals surface area contributed by atoms with Crippen LogP contribution in [-0.4, -0.2) is 24.5 Å². The van der Waals surface area contributed by atoms with Crippen LogP contribution in [0.5, 0.6) is 0 Å². The third-order valence-corrected chi connectivity index (χ3v) is 5.06. The molecule has 1 heterocycles. The highest BCUT2D eigenvalue weighted by atomic mass is 15.2. The minimum Gasteiger partial charge on any atom is -0.313 e. The van der Waals surface area contributed by atoms with Crippen molar-refractivity contribution >= 4 is 0 Å². The van der Waals surface area contributed by atoms with Gasteiger partial charge in [0.05, 0.1) is 0 Å². The van der Waals surface area contributed by atoms with Gasteiger partial charge in [-0.15, -0.1) is 0 Å². The van der Waals surface area contributed by atoms with Crippen molar-refractivity contribution in [3.05, 3.63) is 35.4 Å². The van der Waals surface area contributed by atoms with Gasteiger partial charge >= 0.3 is 0 Å². The van der Waals surface area contributed by atoms with Gasteiger partial charge in [0.2, 0.25) is 0 Å². The first-order chi connectivity index (χ1) is 9.86. The first-order valence-corrected chi connectivity index (χ1v) is 8.36. The van der Waals surface area contributed by atoms with Gasteiger partial charge in [0.15, 0.2) is 0 Å². The lowest BCUT2D eigenvalue weighted by Crippen LogP contribution is -2.23. The number of rotatable bonds is 6. The summed E-state index contributed by atoms with van der Waals surface area (Å²) in [7, 11) is 0. The molecule has 1 aromatic carbocycles. The predicted octanol–water partition coefficient (Wildman–Crippen LogP) is 3.42. The van der Waals surface area contributed by atoms with Crippen LogP contribution in [0.1, 0.15) is 43.7 Å². The molecule has 2 aliphatic rings. The summed E-state index contributed by atoms with van der Waals surface area (Å²) < 4.78 is 0. The minimum atomic E-state index is 1.00. The minimum absolute atomic E-state index is 1.00. The van der Waals surface area contributed by atoms with Crippen molar-refractivity contribution in [3.8, 4) is 0 Å². The Bertz CT molecular complexity index is 417. The van der Waals surface area contributed by atoms with Gasteiger partial charge in [-0.05, 0) is 48.8 Å². The van der Waals surface area contributed by atoms with Gasteiger partial charge in [0.25, 0.3) is 0 Å². The molecule has 2 nitrogen and oxygen atoms in total. The summed E-state index contributed by atoms with van der Waals surface area (Å²) in [5, 5.41) is 3.54. The van der Waals surface area contributed by atoms with E-state index in [0.717, 1.165) is 31.5 Å². The van der Waals surface area contributed by atoms with Gasteiger partial charge in [-0.3, -0.25) is 4.90 Å². The second kappa shape index (κ2) is 6.73. The Morgan fingerprint density at radius 2 is 1.80 bits per heavy atom. The molecule has 2 atom stereocenters. The molecule has 2 unspecified atom stereocenters. The van der Waals surface area contributed by atoms with Crippen LogP contribution in [0.4, 0.5) is 0 Å². The Labute approximate surface area is 123 Å². The van der Waals surface area contributed by atoms with E-state index in [1.807, 2.05) is 0 Å². The molecule has 0 bridgehead atoms. The Morgan fingerprint density at radius 1 is 1.10 bits per heavy atom. The number of hydrogen-bond acceptors (Lipinski definition) is 2. The maximum absolute atomic E-state index is 3.54. The lowest BCUT2D eigenvalue weighted by Gasteiger charge is -2.19. The van der Waals surface area contributed by atoms with E-state index in [4.69, 9.17) is 0 Å². The third-order valence-electron chi connectivity index (χ3n) is 5.06. The molecule has 20 heavy (non-hydrogen) atoms. The predicted molar refractivity (Wildman–Crippen MR) is 84.5 cm³/mol. The van der Waals surface area contributed by atoms with Crippen LogP contribution < -0.4 is 5.32 Å². The van der Waals surface area contributed by atoms with Gasteiger partial charge in [-0.25, -0.2) is 0 Å². The molecule has 0 spiro atoms. The van der Waals surface area contributed by atoms with E-state index in [0.29, 0.717) is 0 Å². The van der Waals surface area contributed by atoms with Crippen molar-refractivity contribution in [1.29, 1.82) is 0 Å². The number of likely N-dealkylation sites (tertiary alicyclic amines) is 1. The van der Waals surface area contributed by atoms with Crippen molar-refractivity contribution in [2.24, 2.45) is 11.8 Å². The molecule has 1 aromatic rings. The number of nitrogens with zero attached hydrogens (tertiary/aromatic N) is 1. The number of hydrogen-bond donors (Lipinski definition) is 1. The number of benzene rings is 1. The van der Waals surface area contributed by atoms with Crippen molar-refractivity contribution in [1.82, 2.24) is 10.2 Å². The van der Waals surface area contributed by atoms with Crippen molar-refractivity contribution in [2.75, 3.05) is 19.6 Å². The van der Waals surface area contributed by atoms with E-state index in [9.17, 15) is 0 Å². The summed E-state index contributed by atoms with van der Waals surface area (Å²) in [4.78, 5) is 2.69. The SMILES string of the molecule is CCCNCc1ccccc1CN1CC2CCCC2C1. The number of nitrogens with one attached hydrogen (secondary N) is 1. The normalized spacial score (nSPS) is 26.1. The zero-order valence-electron chi connectivity index (χ0n) is 12.8. The molecule has 2 heteroatoms. The maximum atomic E-state index is 3.54. The Morgan fingerprint density at radius 3 is 2.50 bits per heavy atom. The van der Waals surface area contributed by atoms with Gasteiger partial charge in [-0.2, -0.15) is 0 Å². The van der Waals surface area contributed by atoms with E-state index in [-0.39, 0.29) is 0 Å². The van der Waals surface area contributed by atoms with Gasteiger partial charge in [-0.1, -0.05) is 37.6 Å². The zero-order chi connectivity index (χ0) is 13.8. The first-order valence-electron chi connectivity index (χ1n) is 8.36. The van der Waals surface area contributed by atoms with Crippen LogP contribution in [0.3, 0.4) is 0 Å². The highest BCUT2D eigenvalue weighted by Crippen LogP contribution is 2.38. The summed E-state index contributed by atoms with van der Waals surface area (Å²) in [6, 6.07) is 8.96. The maximum Gasteiger partial charge on any atom is 0.0237 e. The van der Waals surface area contributed by atoms with Crippen molar-refractivity contribution in [2.45, 2.75) is 45.7 Å². The largest absolute Gasteiger partial charge is 0.313 e. The molecule has 1 aliphatic heterocycles. The van der Waals surface area contributed by atoms with Crippen LogP contribution in [0.25, 0.3) is 0 Å². The fourth-order valence-electron chi connectivity index (χ4n) is 3.99. The molecule has 1 saturated heterocycles. The van der Waals surface area contributed by atoms with Crippen LogP contribution in [-0.2, 0) is 13.1 Å². The van der Waals surface area contributed by atoms with Gasteiger partial charge < -0.3 is 5.32 Å². The third kappa shape index (κ3) is 3.24. The average molecular weight is 272 g/mol. The van der Waals surface area contributed by atoms with Gasteiger partial charge in [0.1, 0.15) is 0 Å². The quantitative estimate of drug-likeness (QED) is 0.798. The summed E-state index contributed by atoms with van der Waals surface area (Å²) >= 11 is 0. The van der Waals surface area contributed by atoms with Crippen LogP contribution >= 0.6 is 0 Å². The second-order valence-corrected chi connectivity index (χ2v) is 6.59. The Kier molecular flexibility index (Phi) is 4.74. The van der Waals surface area contributed by atoms with Gasteiger partial charge in [0, 0.05) is 26.2 Å². The molecule has 0 amide bonds. The van der Waals surface area contributed by atoms with E-state index >= 15 is 0 Å². The van der Waals surface area contributed by atoms with E-state index < -0.39 is 0 Å². The van der Waals surface area contributed by atoms with E-state index in [1.54, 1.807) is 0 Å². The average Bonchev–Trinajstić information content (AvgIpc) is 3.02. The smallest absolute Gasteiger partial charge is 0.0237 e. The summed E-state index contributed by atoms with van der Waals surface area (Å²) in [6.07, 6.45) is 5.63. The summed E-state index contributed by atoms with van der Waals surface area (Å²) in [5.41, 5.74) is 3.01. The molecule has 3 rings (SSSR count). The zero-order valence-corrected chi connectivity index (χ0v) is 12.8. The monoisotopic (exact) mass is 272 g/mol. The summed E-state index contributed by atoms with van der Waals surface area (Å²) in [6.45, 7) is 8.18. The van der Waals surface area contributed by atoms with Crippen LogP contribution in [0, 0.1) is 11.8 Å². The molecule has 1 aliphatic carbocycles. The Hall–Kier alpha value is -0.860. The van der Waals surface area contributed by atoms with Crippen LogP contribution in [0.2, 0.25) is 0 Å². The number of fused-ring (bicyclic) bond motifs is 1. The topological polar surface area (TPSA) is 15.3 Å². The molecule has 2 fully saturated rings. The molecule has 0 aromatic heterocycles.